The van der Waals surface area contributed by atoms with Crippen molar-refractivity contribution in [3.8, 4) is 5.75 Å². The van der Waals surface area contributed by atoms with E-state index in [4.69, 9.17) is 9.47 Å². The van der Waals surface area contributed by atoms with Crippen LogP contribution in [-0.4, -0.2) is 99.2 Å². The summed E-state index contributed by atoms with van der Waals surface area (Å²) in [4.78, 5) is 23.9. The number of hydrogen-bond acceptors (Lipinski definition) is 5. The number of likely N-dealkylation sites (tertiary alicyclic amines) is 1. The molecule has 1 N–H and O–H groups in total. The fourth-order valence-electron chi connectivity index (χ4n) is 5.07. The van der Waals surface area contributed by atoms with Crippen LogP contribution >= 0.6 is 24.0 Å². The maximum absolute atomic E-state index is 12.6. The number of rotatable bonds is 6. The average molecular weight is 572 g/mol. The Morgan fingerprint density at radius 1 is 1.12 bits per heavy atom. The maximum Gasteiger partial charge on any atom is 0.251 e. The van der Waals surface area contributed by atoms with E-state index in [0.29, 0.717) is 19.7 Å². The molecular weight excluding hydrogens is 533 g/mol. The Labute approximate surface area is 214 Å². The first-order valence-electron chi connectivity index (χ1n) is 11.9. The van der Waals surface area contributed by atoms with E-state index in [-0.39, 0.29) is 42.0 Å². The third-order valence-corrected chi connectivity index (χ3v) is 6.84. The number of para-hydroxylation sites is 1. The van der Waals surface area contributed by atoms with Gasteiger partial charge >= 0.3 is 0 Å². The second kappa shape index (κ2) is 12.8. The highest BCUT2D eigenvalue weighted by molar-refractivity contribution is 14.0. The van der Waals surface area contributed by atoms with Gasteiger partial charge < -0.3 is 24.6 Å². The van der Waals surface area contributed by atoms with Gasteiger partial charge in [0.05, 0.1) is 13.2 Å². The average Bonchev–Trinajstić information content (AvgIpc) is 3.57. The number of methoxy groups -OCH3 is 1. The minimum Gasteiger partial charge on any atom is -0.496 e. The molecule has 33 heavy (non-hydrogen) atoms. The van der Waals surface area contributed by atoms with Crippen molar-refractivity contribution < 1.29 is 14.3 Å². The third kappa shape index (κ3) is 6.30. The van der Waals surface area contributed by atoms with Gasteiger partial charge in [0.2, 0.25) is 0 Å². The molecule has 0 aromatic heterocycles. The van der Waals surface area contributed by atoms with Gasteiger partial charge in [-0.2, -0.15) is 0 Å². The van der Waals surface area contributed by atoms with Crippen LogP contribution in [0.25, 0.3) is 0 Å². The normalized spacial score (nSPS) is 22.7. The molecule has 2 unspecified atom stereocenters. The van der Waals surface area contributed by atoms with Gasteiger partial charge in [-0.15, -0.1) is 24.0 Å². The van der Waals surface area contributed by atoms with Gasteiger partial charge in [0.15, 0.2) is 5.96 Å². The number of halogens is 1. The molecule has 0 saturated carbocycles. The molecule has 1 aromatic carbocycles. The number of benzene rings is 1. The number of carbonyl (C=O) groups is 1. The molecule has 0 aliphatic carbocycles. The molecule has 1 amide bonds. The first-order valence-corrected chi connectivity index (χ1v) is 11.9. The van der Waals surface area contributed by atoms with Gasteiger partial charge in [0.1, 0.15) is 11.9 Å². The van der Waals surface area contributed by atoms with Crippen LogP contribution in [0.1, 0.15) is 37.3 Å². The Kier molecular flexibility index (Phi) is 10.1. The van der Waals surface area contributed by atoms with Crippen molar-refractivity contribution in [1.82, 2.24) is 20.0 Å². The summed E-state index contributed by atoms with van der Waals surface area (Å²) in [6.07, 6.45) is 4.07. The number of nitrogens with one attached hydrogen (secondary N) is 1. The van der Waals surface area contributed by atoms with Crippen LogP contribution in [0.5, 0.6) is 5.75 Å². The van der Waals surface area contributed by atoms with Crippen molar-refractivity contribution in [3.63, 3.8) is 0 Å². The smallest absolute Gasteiger partial charge is 0.251 e. The fraction of sp³-hybridized carbons (Fsp3) is 0.667. The topological polar surface area (TPSA) is 69.6 Å². The molecule has 3 aliphatic rings. The summed E-state index contributed by atoms with van der Waals surface area (Å²) < 4.78 is 11.3. The highest BCUT2D eigenvalue weighted by atomic mass is 127. The predicted molar refractivity (Wildman–Crippen MR) is 140 cm³/mol. The van der Waals surface area contributed by atoms with Crippen LogP contribution in [0, 0.1) is 0 Å². The fourth-order valence-corrected chi connectivity index (χ4v) is 5.07. The summed E-state index contributed by atoms with van der Waals surface area (Å²) in [7, 11) is 3.57. The van der Waals surface area contributed by atoms with E-state index in [9.17, 15) is 4.79 Å². The summed E-state index contributed by atoms with van der Waals surface area (Å²) >= 11 is 0. The quantitative estimate of drug-likeness (QED) is 0.322. The van der Waals surface area contributed by atoms with Crippen LogP contribution in [-0.2, 0) is 9.53 Å². The number of guanidine groups is 1. The molecule has 9 heteroatoms. The molecular formula is C24H38IN5O3. The zero-order valence-electron chi connectivity index (χ0n) is 19.9. The Morgan fingerprint density at radius 3 is 2.45 bits per heavy atom. The van der Waals surface area contributed by atoms with Crippen LogP contribution in [0.3, 0.4) is 0 Å². The molecule has 3 heterocycles. The molecule has 8 nitrogen and oxygen atoms in total. The number of nitrogens with zero attached hydrogens (tertiary/aromatic N) is 4. The van der Waals surface area contributed by atoms with Crippen molar-refractivity contribution >= 4 is 35.8 Å². The molecule has 2 atom stereocenters. The minimum atomic E-state index is -0.235. The third-order valence-electron chi connectivity index (χ3n) is 6.84. The molecule has 184 valence electrons. The van der Waals surface area contributed by atoms with E-state index in [0.717, 1.165) is 57.3 Å². The van der Waals surface area contributed by atoms with Crippen molar-refractivity contribution in [2.45, 2.75) is 37.8 Å². The number of ether oxygens (including phenoxy) is 2. The zero-order chi connectivity index (χ0) is 22.3. The zero-order valence-corrected chi connectivity index (χ0v) is 22.2. The lowest BCUT2D eigenvalue weighted by atomic mass is 10.0. The molecule has 3 aliphatic heterocycles. The number of hydrogen-bond donors (Lipinski definition) is 1. The molecule has 4 rings (SSSR count). The predicted octanol–water partition coefficient (Wildman–Crippen LogP) is 2.35. The van der Waals surface area contributed by atoms with Crippen LogP contribution in [0.15, 0.2) is 29.3 Å². The molecule has 3 fully saturated rings. The number of amides is 1. The Balaban J connectivity index is 0.00000306. The van der Waals surface area contributed by atoms with Crippen molar-refractivity contribution in [3.05, 3.63) is 29.8 Å². The second-order valence-electron chi connectivity index (χ2n) is 8.74. The highest BCUT2D eigenvalue weighted by Gasteiger charge is 2.31. The van der Waals surface area contributed by atoms with Crippen molar-refractivity contribution in [1.29, 1.82) is 0 Å². The maximum atomic E-state index is 12.6. The van der Waals surface area contributed by atoms with Gasteiger partial charge in [0, 0.05) is 51.9 Å². The molecule has 0 bridgehead atoms. The SMILES string of the molecule is CN=C(NCC(c1ccccc1OC)N1CCCC1)N1CCN(C(=O)C2CCCO2)CC1.I. The summed E-state index contributed by atoms with van der Waals surface area (Å²) in [5.74, 6) is 1.98. The monoisotopic (exact) mass is 571 g/mol. The van der Waals surface area contributed by atoms with Gasteiger partial charge in [-0.05, 0) is 44.8 Å². The minimum absolute atomic E-state index is 0. The van der Waals surface area contributed by atoms with E-state index in [1.807, 2.05) is 24.1 Å². The van der Waals surface area contributed by atoms with Crippen LogP contribution in [0.4, 0.5) is 0 Å². The van der Waals surface area contributed by atoms with Gasteiger partial charge in [0.25, 0.3) is 5.91 Å². The van der Waals surface area contributed by atoms with Crippen molar-refractivity contribution in [2.75, 3.05) is 66.6 Å². The van der Waals surface area contributed by atoms with Gasteiger partial charge in [-0.1, -0.05) is 18.2 Å². The largest absolute Gasteiger partial charge is 0.496 e. The lowest BCUT2D eigenvalue weighted by molar-refractivity contribution is -0.142. The first kappa shape index (κ1) is 26.0. The van der Waals surface area contributed by atoms with E-state index in [1.165, 1.54) is 18.4 Å². The van der Waals surface area contributed by atoms with E-state index < -0.39 is 0 Å². The standard InChI is InChI=1S/C24H37N5O3.HI/c1-25-24(29-15-13-28(14-16-29)23(30)22-10-7-17-32-22)26-18-20(27-11-5-6-12-27)19-8-3-4-9-21(19)31-2;/h3-4,8-9,20,22H,5-7,10-18H2,1-2H3,(H,25,26);1H. The molecule has 0 spiro atoms. The molecule has 1 aromatic rings. The van der Waals surface area contributed by atoms with E-state index >= 15 is 0 Å². The number of aliphatic imine (C=N–C) groups is 1. The van der Waals surface area contributed by atoms with Gasteiger partial charge in [-0.3, -0.25) is 14.7 Å². The highest BCUT2D eigenvalue weighted by Crippen LogP contribution is 2.31. The second-order valence-corrected chi connectivity index (χ2v) is 8.74. The van der Waals surface area contributed by atoms with Crippen molar-refractivity contribution in [2.24, 2.45) is 4.99 Å². The summed E-state index contributed by atoms with van der Waals surface area (Å²) in [6.45, 7) is 6.66. The first-order chi connectivity index (χ1) is 15.7. The van der Waals surface area contributed by atoms with Gasteiger partial charge in [-0.25, -0.2) is 0 Å². The summed E-state index contributed by atoms with van der Waals surface area (Å²) in [6, 6.07) is 8.54. The molecule has 0 radical (unpaired) electrons. The van der Waals surface area contributed by atoms with E-state index in [1.54, 1.807) is 7.11 Å². The Bertz CT molecular complexity index is 788. The number of carbonyl (C=O) groups excluding carboxylic acids is 1. The Morgan fingerprint density at radius 2 is 1.82 bits per heavy atom. The lowest BCUT2D eigenvalue weighted by Crippen LogP contribution is -2.55. The number of piperazine rings is 1. The molecule has 3 saturated heterocycles. The van der Waals surface area contributed by atoms with Crippen LogP contribution < -0.4 is 10.1 Å². The lowest BCUT2D eigenvalue weighted by Gasteiger charge is -2.38. The summed E-state index contributed by atoms with van der Waals surface area (Å²) in [5, 5.41) is 3.62. The van der Waals surface area contributed by atoms with E-state index in [2.05, 4.69) is 32.2 Å². The summed E-state index contributed by atoms with van der Waals surface area (Å²) in [5.41, 5.74) is 1.21. The van der Waals surface area contributed by atoms with Crippen LogP contribution in [0.2, 0.25) is 0 Å². The Hall–Kier alpha value is -1.59.